The number of nitrogens with zero attached hydrogens (tertiary/aromatic N) is 2. The van der Waals surface area contributed by atoms with Crippen molar-refractivity contribution in [3.05, 3.63) is 24.5 Å². The van der Waals surface area contributed by atoms with Crippen molar-refractivity contribution < 1.29 is 4.74 Å². The maximum absolute atomic E-state index is 8.95. The summed E-state index contributed by atoms with van der Waals surface area (Å²) >= 11 is 1.60. The van der Waals surface area contributed by atoms with Gasteiger partial charge in [-0.3, -0.25) is 4.98 Å². The summed E-state index contributed by atoms with van der Waals surface area (Å²) in [5.41, 5.74) is 1.07. The Bertz CT molecular complexity index is 489. The summed E-state index contributed by atoms with van der Waals surface area (Å²) in [4.78, 5) is 5.41. The molecule has 0 amide bonds. The molecule has 1 rings (SSSR count). The third kappa shape index (κ3) is 3.51. The van der Waals surface area contributed by atoms with Crippen LogP contribution in [-0.2, 0) is 0 Å². The Hall–Kier alpha value is -1.47. The average molecular weight is 262 g/mol. The molecule has 0 fully saturated rings. The molecule has 0 atom stereocenters. The quantitative estimate of drug-likeness (QED) is 0.755. The van der Waals surface area contributed by atoms with Crippen LogP contribution in [0.15, 0.2) is 23.7 Å². The first-order chi connectivity index (χ1) is 8.43. The lowest BCUT2D eigenvalue weighted by Gasteiger charge is -2.19. The highest BCUT2D eigenvalue weighted by molar-refractivity contribution is 7.98. The van der Waals surface area contributed by atoms with Gasteiger partial charge in [-0.1, -0.05) is 13.5 Å². The van der Waals surface area contributed by atoms with Gasteiger partial charge in [0.2, 0.25) is 0 Å². The Morgan fingerprint density at radius 1 is 1.61 bits per heavy atom. The first-order valence-corrected chi connectivity index (χ1v) is 6.98. The predicted molar refractivity (Wildman–Crippen MR) is 75.7 cm³/mol. The van der Waals surface area contributed by atoms with Crippen molar-refractivity contribution in [1.29, 1.82) is 5.26 Å². The molecule has 0 radical (unpaired) electrons. The number of pyridine rings is 1. The van der Waals surface area contributed by atoms with Gasteiger partial charge in [0.15, 0.2) is 5.60 Å². The molecule has 0 saturated carbocycles. The molecule has 96 valence electrons. The molecule has 1 aromatic heterocycles. The largest absolute Gasteiger partial charge is 0.471 e. The summed E-state index contributed by atoms with van der Waals surface area (Å²) in [6, 6.07) is 4.01. The molecule has 0 aliphatic carbocycles. The number of aromatic nitrogens is 1. The van der Waals surface area contributed by atoms with Gasteiger partial charge in [0, 0.05) is 4.90 Å². The van der Waals surface area contributed by atoms with E-state index in [0.717, 1.165) is 22.6 Å². The van der Waals surface area contributed by atoms with E-state index in [-0.39, 0.29) is 0 Å². The number of nitriles is 1. The summed E-state index contributed by atoms with van der Waals surface area (Å²) in [7, 11) is 0. The van der Waals surface area contributed by atoms with Gasteiger partial charge >= 0.3 is 0 Å². The summed E-state index contributed by atoms with van der Waals surface area (Å²) in [6.45, 7) is 9.51. The van der Waals surface area contributed by atoms with Gasteiger partial charge in [-0.05, 0) is 38.2 Å². The van der Waals surface area contributed by atoms with Crippen molar-refractivity contribution in [3.8, 4) is 11.8 Å². The molecule has 3 nitrogen and oxygen atoms in total. The second-order valence-corrected chi connectivity index (χ2v) is 5.25. The van der Waals surface area contributed by atoms with Gasteiger partial charge in [-0.25, -0.2) is 0 Å². The molecule has 0 aromatic carbocycles. The van der Waals surface area contributed by atoms with Crippen molar-refractivity contribution in [2.45, 2.75) is 37.7 Å². The van der Waals surface area contributed by atoms with E-state index < -0.39 is 5.60 Å². The highest BCUT2D eigenvalue weighted by Crippen LogP contribution is 2.30. The van der Waals surface area contributed by atoms with E-state index in [1.54, 1.807) is 31.8 Å². The lowest BCUT2D eigenvalue weighted by Crippen LogP contribution is -2.25. The molecule has 1 heterocycles. The normalized spacial score (nSPS) is 10.8. The van der Waals surface area contributed by atoms with Crippen LogP contribution in [0.1, 0.15) is 32.9 Å². The zero-order chi connectivity index (χ0) is 13.8. The van der Waals surface area contributed by atoms with E-state index in [0.29, 0.717) is 5.75 Å². The van der Waals surface area contributed by atoms with Crippen LogP contribution in [0, 0.1) is 11.3 Å². The smallest absolute Gasteiger partial charge is 0.188 e. The monoisotopic (exact) mass is 262 g/mol. The number of allylic oxidation sites excluding steroid dienone is 1. The first kappa shape index (κ1) is 14.6. The van der Waals surface area contributed by atoms with E-state index in [1.807, 2.05) is 12.3 Å². The second kappa shape index (κ2) is 5.92. The van der Waals surface area contributed by atoms with Crippen LogP contribution in [-0.4, -0.2) is 16.8 Å². The van der Waals surface area contributed by atoms with E-state index >= 15 is 0 Å². The number of hydrogen-bond acceptors (Lipinski definition) is 4. The van der Waals surface area contributed by atoms with Crippen molar-refractivity contribution >= 4 is 17.3 Å². The topological polar surface area (TPSA) is 45.9 Å². The molecule has 4 heteroatoms. The Morgan fingerprint density at radius 3 is 2.78 bits per heavy atom. The molecule has 0 saturated heterocycles. The molecule has 0 aliphatic rings. The first-order valence-electron chi connectivity index (χ1n) is 5.76. The second-order valence-electron chi connectivity index (χ2n) is 4.40. The molecule has 0 bridgehead atoms. The van der Waals surface area contributed by atoms with E-state index in [1.165, 1.54) is 0 Å². The van der Waals surface area contributed by atoms with Gasteiger partial charge in [0.05, 0.1) is 11.9 Å². The fraction of sp³-hybridized carbons (Fsp3) is 0.429. The lowest BCUT2D eigenvalue weighted by molar-refractivity contribution is 0.169. The van der Waals surface area contributed by atoms with Crippen LogP contribution in [0.3, 0.4) is 0 Å². The SMILES string of the molecule is C=C(CC)c1ncc(OC(C)(C)C#N)cc1SC. The Labute approximate surface area is 113 Å². The predicted octanol–water partition coefficient (Wildman–Crippen LogP) is 3.91. The van der Waals surface area contributed by atoms with Crippen molar-refractivity contribution in [1.82, 2.24) is 4.98 Å². The van der Waals surface area contributed by atoms with Crippen LogP contribution >= 0.6 is 11.8 Å². The molecular formula is C14H18N2OS. The molecule has 0 unspecified atom stereocenters. The third-order valence-electron chi connectivity index (χ3n) is 2.45. The maximum Gasteiger partial charge on any atom is 0.188 e. The van der Waals surface area contributed by atoms with Crippen molar-refractivity contribution in [2.24, 2.45) is 0 Å². The van der Waals surface area contributed by atoms with Gasteiger partial charge in [0.1, 0.15) is 11.8 Å². The summed E-state index contributed by atoms with van der Waals surface area (Å²) in [6.07, 6.45) is 4.50. The van der Waals surface area contributed by atoms with E-state index in [2.05, 4.69) is 24.6 Å². The fourth-order valence-corrected chi connectivity index (χ4v) is 2.01. The number of hydrogen-bond donors (Lipinski definition) is 0. The van der Waals surface area contributed by atoms with Crippen molar-refractivity contribution in [2.75, 3.05) is 6.26 Å². The standard InChI is InChI=1S/C14H18N2OS/c1-6-10(2)13-12(18-5)7-11(8-16-13)17-14(3,4)9-15/h7-8H,2,6H2,1,3-5H3. The molecular weight excluding hydrogens is 244 g/mol. The van der Waals surface area contributed by atoms with Gasteiger partial charge in [0.25, 0.3) is 0 Å². The van der Waals surface area contributed by atoms with Crippen LogP contribution in [0.4, 0.5) is 0 Å². The number of ether oxygens (including phenoxy) is 1. The van der Waals surface area contributed by atoms with Crippen molar-refractivity contribution in [3.63, 3.8) is 0 Å². The zero-order valence-electron chi connectivity index (χ0n) is 11.3. The highest BCUT2D eigenvalue weighted by Gasteiger charge is 2.19. The molecule has 0 spiro atoms. The fourth-order valence-electron chi connectivity index (χ4n) is 1.39. The van der Waals surface area contributed by atoms with Crippen LogP contribution in [0.25, 0.3) is 5.57 Å². The zero-order valence-corrected chi connectivity index (χ0v) is 12.1. The summed E-state index contributed by atoms with van der Waals surface area (Å²) in [5, 5.41) is 8.95. The van der Waals surface area contributed by atoms with E-state index in [4.69, 9.17) is 10.00 Å². The molecule has 0 aliphatic heterocycles. The van der Waals surface area contributed by atoms with Crippen LogP contribution in [0.5, 0.6) is 5.75 Å². The van der Waals surface area contributed by atoms with Gasteiger partial charge in [-0.2, -0.15) is 5.26 Å². The molecule has 0 N–H and O–H groups in total. The summed E-state index contributed by atoms with van der Waals surface area (Å²) in [5.74, 6) is 0.610. The molecule has 18 heavy (non-hydrogen) atoms. The number of rotatable bonds is 5. The van der Waals surface area contributed by atoms with E-state index in [9.17, 15) is 0 Å². The van der Waals surface area contributed by atoms with Crippen LogP contribution < -0.4 is 4.74 Å². The summed E-state index contributed by atoms with van der Waals surface area (Å²) < 4.78 is 5.60. The Balaban J connectivity index is 3.07. The Kier molecular flexibility index (Phi) is 4.80. The number of thioether (sulfide) groups is 1. The Morgan fingerprint density at radius 2 is 2.28 bits per heavy atom. The highest BCUT2D eigenvalue weighted by atomic mass is 32.2. The van der Waals surface area contributed by atoms with Gasteiger partial charge in [-0.15, -0.1) is 11.8 Å². The maximum atomic E-state index is 8.95. The minimum atomic E-state index is -0.847. The molecule has 1 aromatic rings. The average Bonchev–Trinajstić information content (AvgIpc) is 2.37. The lowest BCUT2D eigenvalue weighted by atomic mass is 10.1. The van der Waals surface area contributed by atoms with Crippen LogP contribution in [0.2, 0.25) is 0 Å². The van der Waals surface area contributed by atoms with Gasteiger partial charge < -0.3 is 4.74 Å². The third-order valence-corrected chi connectivity index (χ3v) is 3.20. The minimum absolute atomic E-state index is 0.610. The minimum Gasteiger partial charge on any atom is -0.471 e.